The normalized spacial score (nSPS) is 10.2. The second-order valence-corrected chi connectivity index (χ2v) is 4.47. The van der Waals surface area contributed by atoms with Gasteiger partial charge in [-0.25, -0.2) is 4.98 Å². The van der Waals surface area contributed by atoms with Crippen molar-refractivity contribution in [3.8, 4) is 5.88 Å². The Morgan fingerprint density at radius 3 is 2.95 bits per heavy atom. The van der Waals surface area contributed by atoms with Crippen LogP contribution in [0.2, 0.25) is 10.3 Å². The third kappa shape index (κ3) is 3.34. The van der Waals surface area contributed by atoms with Crippen molar-refractivity contribution in [1.29, 1.82) is 0 Å². The van der Waals surface area contributed by atoms with Crippen molar-refractivity contribution >= 4 is 29.1 Å². The van der Waals surface area contributed by atoms with E-state index in [1.807, 2.05) is 0 Å². The number of hydrogen-bond donors (Lipinski definition) is 1. The Hall–Kier alpha value is -1.92. The fraction of sp³-hybridized carbons (Fsp3) is 0.167. The van der Waals surface area contributed by atoms with Gasteiger partial charge in [0.2, 0.25) is 5.88 Å². The molecule has 2 rings (SSSR count). The van der Waals surface area contributed by atoms with Gasteiger partial charge >= 0.3 is 0 Å². The molecule has 1 N–H and O–H groups in total. The summed E-state index contributed by atoms with van der Waals surface area (Å²) in [5, 5.41) is 9.89. The third-order valence-electron chi connectivity index (χ3n) is 2.45. The molecule has 0 aromatic carbocycles. The summed E-state index contributed by atoms with van der Waals surface area (Å²) < 4.78 is 5.09. The number of carbonyl (C=O) groups excluding carboxylic acids is 1. The first-order valence-electron chi connectivity index (χ1n) is 5.56. The Bertz CT molecular complexity index is 637. The summed E-state index contributed by atoms with van der Waals surface area (Å²) in [4.78, 5) is 16.0. The molecular formula is C12H10Cl2N4O2. The minimum atomic E-state index is -0.405. The van der Waals surface area contributed by atoms with Gasteiger partial charge in [0.1, 0.15) is 0 Å². The maximum atomic E-state index is 12.0. The van der Waals surface area contributed by atoms with Crippen molar-refractivity contribution in [2.75, 3.05) is 7.11 Å². The van der Waals surface area contributed by atoms with Gasteiger partial charge in [-0.3, -0.25) is 4.79 Å². The lowest BCUT2D eigenvalue weighted by atomic mass is 10.2. The fourth-order valence-electron chi connectivity index (χ4n) is 1.53. The number of amides is 1. The Kier molecular flexibility index (Phi) is 4.70. The van der Waals surface area contributed by atoms with Gasteiger partial charge in [-0.15, -0.1) is 10.2 Å². The second kappa shape index (κ2) is 6.49. The van der Waals surface area contributed by atoms with Gasteiger partial charge in [0, 0.05) is 18.3 Å². The van der Waals surface area contributed by atoms with Crippen LogP contribution in [-0.4, -0.2) is 28.2 Å². The van der Waals surface area contributed by atoms with Crippen LogP contribution in [0, 0.1) is 0 Å². The summed E-state index contributed by atoms with van der Waals surface area (Å²) in [6.07, 6.45) is 1.60. The molecule has 2 aromatic rings. The molecule has 6 nitrogen and oxygen atoms in total. The molecule has 8 heteroatoms. The molecule has 0 saturated heterocycles. The van der Waals surface area contributed by atoms with Crippen molar-refractivity contribution < 1.29 is 9.53 Å². The van der Waals surface area contributed by atoms with E-state index >= 15 is 0 Å². The van der Waals surface area contributed by atoms with E-state index in [1.165, 1.54) is 13.2 Å². The van der Waals surface area contributed by atoms with Crippen LogP contribution in [0.25, 0.3) is 0 Å². The monoisotopic (exact) mass is 312 g/mol. The van der Waals surface area contributed by atoms with Gasteiger partial charge in [-0.2, -0.15) is 0 Å². The molecule has 0 aliphatic heterocycles. The van der Waals surface area contributed by atoms with Crippen molar-refractivity contribution in [3.63, 3.8) is 0 Å². The number of aromatic nitrogens is 3. The summed E-state index contributed by atoms with van der Waals surface area (Å²) in [6.45, 7) is 0.242. The van der Waals surface area contributed by atoms with E-state index in [9.17, 15) is 4.79 Å². The fourth-order valence-corrected chi connectivity index (χ4v) is 1.85. The smallest absolute Gasteiger partial charge is 0.254 e. The first kappa shape index (κ1) is 14.5. The molecule has 2 heterocycles. The maximum Gasteiger partial charge on any atom is 0.254 e. The lowest BCUT2D eigenvalue weighted by Gasteiger charge is -2.09. The Morgan fingerprint density at radius 1 is 1.40 bits per heavy atom. The van der Waals surface area contributed by atoms with Gasteiger partial charge in [-0.1, -0.05) is 29.3 Å². The number of methoxy groups -OCH3 is 1. The van der Waals surface area contributed by atoms with Crippen molar-refractivity contribution in [3.05, 3.63) is 45.8 Å². The summed E-state index contributed by atoms with van der Waals surface area (Å²) in [7, 11) is 1.51. The van der Waals surface area contributed by atoms with E-state index in [1.54, 1.807) is 18.3 Å². The lowest BCUT2D eigenvalue weighted by molar-refractivity contribution is 0.0950. The number of ether oxygens (including phenoxy) is 1. The highest BCUT2D eigenvalue weighted by Crippen LogP contribution is 2.16. The van der Waals surface area contributed by atoms with Crippen LogP contribution in [0.5, 0.6) is 5.88 Å². The average molecular weight is 313 g/mol. The molecule has 0 radical (unpaired) electrons. The van der Waals surface area contributed by atoms with Crippen molar-refractivity contribution in [2.24, 2.45) is 0 Å². The van der Waals surface area contributed by atoms with Gasteiger partial charge in [-0.05, 0) is 12.1 Å². The van der Waals surface area contributed by atoms with Crippen LogP contribution in [0.1, 0.15) is 15.9 Å². The second-order valence-electron chi connectivity index (χ2n) is 3.73. The predicted octanol–water partition coefficient (Wildman–Crippen LogP) is 2.12. The molecular weight excluding hydrogens is 303 g/mol. The molecule has 20 heavy (non-hydrogen) atoms. The van der Waals surface area contributed by atoms with Gasteiger partial charge < -0.3 is 10.1 Å². The number of nitrogens with one attached hydrogen (secondary N) is 1. The summed E-state index contributed by atoms with van der Waals surface area (Å²) in [6, 6.07) is 4.90. The van der Waals surface area contributed by atoms with Crippen LogP contribution >= 0.6 is 23.2 Å². The maximum absolute atomic E-state index is 12.0. The molecule has 0 spiro atoms. The molecule has 0 aliphatic carbocycles. The minimum absolute atomic E-state index is 0.00921. The van der Waals surface area contributed by atoms with Crippen LogP contribution in [0.3, 0.4) is 0 Å². The van der Waals surface area contributed by atoms with E-state index in [0.717, 1.165) is 5.56 Å². The number of halogens is 2. The molecule has 104 valence electrons. The van der Waals surface area contributed by atoms with Crippen molar-refractivity contribution in [2.45, 2.75) is 6.54 Å². The zero-order valence-electron chi connectivity index (χ0n) is 10.4. The molecule has 1 amide bonds. The Labute approximate surface area is 125 Å². The number of carbonyl (C=O) groups is 1. The minimum Gasteiger partial charge on any atom is -0.481 e. The van der Waals surface area contributed by atoms with Crippen LogP contribution in [0.4, 0.5) is 0 Å². The highest BCUT2D eigenvalue weighted by Gasteiger charge is 2.13. The Balaban J connectivity index is 2.11. The number of rotatable bonds is 4. The van der Waals surface area contributed by atoms with Gasteiger partial charge in [0.15, 0.2) is 10.3 Å². The largest absolute Gasteiger partial charge is 0.481 e. The van der Waals surface area contributed by atoms with E-state index < -0.39 is 5.91 Å². The van der Waals surface area contributed by atoms with Crippen molar-refractivity contribution in [1.82, 2.24) is 20.5 Å². The third-order valence-corrected chi connectivity index (χ3v) is 2.91. The number of pyridine rings is 1. The summed E-state index contributed by atoms with van der Waals surface area (Å²) in [5.41, 5.74) is 0.905. The SMILES string of the molecule is COc1ncccc1CNC(=O)c1cc(Cl)nnc1Cl. The standard InChI is InChI=1S/C12H10Cl2N4O2/c1-20-12-7(3-2-4-15-12)6-16-11(19)8-5-9(13)17-18-10(8)14/h2-5H,6H2,1H3,(H,16,19). The number of hydrogen-bond acceptors (Lipinski definition) is 5. The highest BCUT2D eigenvalue weighted by atomic mass is 35.5. The van der Waals surface area contributed by atoms with Gasteiger partial charge in [0.05, 0.1) is 12.7 Å². The first-order chi connectivity index (χ1) is 9.61. The molecule has 0 unspecified atom stereocenters. The molecule has 0 fully saturated rings. The van der Waals surface area contributed by atoms with E-state index in [2.05, 4.69) is 20.5 Å². The molecule has 0 saturated carbocycles. The summed E-state index contributed by atoms with van der Waals surface area (Å²) >= 11 is 11.5. The first-order valence-corrected chi connectivity index (χ1v) is 6.32. The van der Waals surface area contributed by atoms with Gasteiger partial charge in [0.25, 0.3) is 5.91 Å². The lowest BCUT2D eigenvalue weighted by Crippen LogP contribution is -2.24. The molecule has 0 atom stereocenters. The highest BCUT2D eigenvalue weighted by molar-refractivity contribution is 6.34. The molecule has 0 bridgehead atoms. The molecule has 0 aliphatic rings. The van der Waals surface area contributed by atoms with E-state index in [4.69, 9.17) is 27.9 Å². The molecule has 2 aromatic heterocycles. The average Bonchev–Trinajstić information content (AvgIpc) is 2.47. The van der Waals surface area contributed by atoms with E-state index in [0.29, 0.717) is 5.88 Å². The topological polar surface area (TPSA) is 77.0 Å². The van der Waals surface area contributed by atoms with Crippen LogP contribution in [-0.2, 0) is 6.54 Å². The number of nitrogens with zero attached hydrogens (tertiary/aromatic N) is 3. The van der Waals surface area contributed by atoms with E-state index in [-0.39, 0.29) is 22.4 Å². The van der Waals surface area contributed by atoms with Crippen LogP contribution in [0.15, 0.2) is 24.4 Å². The Morgan fingerprint density at radius 2 is 2.20 bits per heavy atom. The zero-order chi connectivity index (χ0) is 14.5. The quantitative estimate of drug-likeness (QED) is 0.935. The summed E-state index contributed by atoms with van der Waals surface area (Å²) in [5.74, 6) is 0.0440. The predicted molar refractivity (Wildman–Crippen MR) is 74.0 cm³/mol. The van der Waals surface area contributed by atoms with Crippen LogP contribution < -0.4 is 10.1 Å². The zero-order valence-corrected chi connectivity index (χ0v) is 11.9.